The molecule has 1 aliphatic carbocycles. The first kappa shape index (κ1) is 17.7. The Hall–Kier alpha value is -0.660. The molecule has 0 aliphatic heterocycles. The molecule has 0 radical (unpaired) electrons. The van der Waals surface area contributed by atoms with Crippen LogP contribution in [0, 0.1) is 0 Å². The summed E-state index contributed by atoms with van der Waals surface area (Å²) in [6.07, 6.45) is 5.18. The number of H-pyrrole nitrogens is 1. The number of nitrogens with one attached hydrogen (secondary N) is 1. The summed E-state index contributed by atoms with van der Waals surface area (Å²) in [6, 6.07) is 4.23. The average Bonchev–Trinajstić information content (AvgIpc) is 3.20. The van der Waals surface area contributed by atoms with Crippen LogP contribution in [0.2, 0.25) is 10.0 Å². The molecule has 0 bridgehead atoms. The molecule has 1 aromatic heterocycles. The molecule has 4 nitrogen and oxygen atoms in total. The zero-order chi connectivity index (χ0) is 15.0. The first-order valence-corrected chi connectivity index (χ1v) is 7.79. The lowest BCUT2D eigenvalue weighted by Gasteiger charge is -2.16. The predicted molar refractivity (Wildman–Crippen MR) is 105 cm³/mol. The number of benzene rings is 1. The van der Waals surface area contributed by atoms with Gasteiger partial charge in [-0.3, -0.25) is 4.99 Å². The molecule has 0 atom stereocenters. The van der Waals surface area contributed by atoms with E-state index in [1.54, 1.807) is 6.07 Å². The van der Waals surface area contributed by atoms with E-state index in [4.69, 9.17) is 28.9 Å². The Balaban J connectivity index is 0.00000176. The molecule has 0 saturated heterocycles. The molecule has 7 heteroatoms. The van der Waals surface area contributed by atoms with Crippen LogP contribution >= 0.6 is 47.2 Å². The summed E-state index contributed by atoms with van der Waals surface area (Å²) in [7, 11) is 2.00. The average molecular weight is 453 g/mol. The van der Waals surface area contributed by atoms with Crippen LogP contribution in [0.15, 0.2) is 23.3 Å². The summed E-state index contributed by atoms with van der Waals surface area (Å²) in [6.45, 7) is 0.648. The lowest BCUT2D eigenvalue weighted by Crippen LogP contribution is -2.35. The Morgan fingerprint density at radius 1 is 1.41 bits per heavy atom. The van der Waals surface area contributed by atoms with Gasteiger partial charge in [-0.25, -0.2) is 0 Å². The van der Waals surface area contributed by atoms with E-state index < -0.39 is 0 Å². The Labute approximate surface area is 157 Å². The van der Waals surface area contributed by atoms with E-state index in [1.807, 2.05) is 19.3 Å². The van der Waals surface area contributed by atoms with Gasteiger partial charge in [0.05, 0.1) is 5.02 Å². The molecule has 120 valence electrons. The van der Waals surface area contributed by atoms with E-state index in [9.17, 15) is 0 Å². The van der Waals surface area contributed by atoms with Crippen LogP contribution in [-0.2, 0) is 6.42 Å². The minimum absolute atomic E-state index is 0. The third kappa shape index (κ3) is 3.81. The molecule has 3 N–H and O–H groups in total. The number of aromatic amines is 1. The van der Waals surface area contributed by atoms with Gasteiger partial charge in [-0.15, -0.1) is 24.0 Å². The number of fused-ring (bicyclic) bond motifs is 1. The fourth-order valence-electron chi connectivity index (χ4n) is 2.50. The van der Waals surface area contributed by atoms with Crippen LogP contribution in [-0.4, -0.2) is 35.5 Å². The van der Waals surface area contributed by atoms with Gasteiger partial charge < -0.3 is 15.6 Å². The van der Waals surface area contributed by atoms with Crippen LogP contribution in [0.25, 0.3) is 10.9 Å². The lowest BCUT2D eigenvalue weighted by atomic mass is 10.1. The van der Waals surface area contributed by atoms with Gasteiger partial charge in [-0.1, -0.05) is 23.2 Å². The number of guanidine groups is 1. The molecule has 1 heterocycles. The monoisotopic (exact) mass is 452 g/mol. The lowest BCUT2D eigenvalue weighted by molar-refractivity contribution is 0.487. The van der Waals surface area contributed by atoms with Gasteiger partial charge in [0.25, 0.3) is 0 Å². The second-order valence-electron chi connectivity index (χ2n) is 5.46. The summed E-state index contributed by atoms with van der Waals surface area (Å²) in [4.78, 5) is 9.71. The summed E-state index contributed by atoms with van der Waals surface area (Å²) in [5.41, 5.74) is 8.07. The Kier molecular flexibility index (Phi) is 5.85. The first-order valence-electron chi connectivity index (χ1n) is 7.04. The maximum atomic E-state index is 6.28. The fourth-order valence-corrected chi connectivity index (χ4v) is 3.11. The van der Waals surface area contributed by atoms with Crippen LogP contribution < -0.4 is 5.73 Å². The largest absolute Gasteiger partial charge is 0.370 e. The zero-order valence-corrected chi connectivity index (χ0v) is 16.1. The van der Waals surface area contributed by atoms with E-state index in [0.29, 0.717) is 28.6 Å². The Bertz CT molecular complexity index is 694. The number of halogens is 3. The summed E-state index contributed by atoms with van der Waals surface area (Å²) in [5.74, 6) is 0.617. The molecule has 1 fully saturated rings. The standard InChI is InChI=1S/C15H18Cl2N4.HI/c1-21(11-2-3-11)15(18)19-5-4-9-8-20-13-7-10(16)6-12(17)14(9)13;/h6-8,11,20H,2-5H2,1H3,(H2,18,19);1H. The van der Waals surface area contributed by atoms with Crippen molar-refractivity contribution in [2.45, 2.75) is 25.3 Å². The topological polar surface area (TPSA) is 57.4 Å². The highest BCUT2D eigenvalue weighted by molar-refractivity contribution is 14.0. The molecule has 22 heavy (non-hydrogen) atoms. The van der Waals surface area contributed by atoms with Gasteiger partial charge in [0.1, 0.15) is 0 Å². The Morgan fingerprint density at radius 3 is 2.82 bits per heavy atom. The van der Waals surface area contributed by atoms with Gasteiger partial charge in [0, 0.05) is 41.8 Å². The van der Waals surface area contributed by atoms with Crippen molar-refractivity contribution in [3.63, 3.8) is 0 Å². The highest BCUT2D eigenvalue weighted by Crippen LogP contribution is 2.30. The van der Waals surface area contributed by atoms with Gasteiger partial charge in [-0.05, 0) is 37.0 Å². The third-order valence-electron chi connectivity index (χ3n) is 3.89. The smallest absolute Gasteiger partial charge is 0.191 e. The number of hydrogen-bond acceptors (Lipinski definition) is 1. The van der Waals surface area contributed by atoms with Gasteiger partial charge >= 0.3 is 0 Å². The van der Waals surface area contributed by atoms with Crippen molar-refractivity contribution in [2.75, 3.05) is 13.6 Å². The Morgan fingerprint density at radius 2 is 2.14 bits per heavy atom. The number of rotatable bonds is 4. The normalized spacial score (nSPS) is 15.0. The molecule has 0 amide bonds. The minimum Gasteiger partial charge on any atom is -0.370 e. The maximum Gasteiger partial charge on any atom is 0.191 e. The van der Waals surface area contributed by atoms with Crippen LogP contribution in [0.5, 0.6) is 0 Å². The van der Waals surface area contributed by atoms with E-state index in [2.05, 4.69) is 14.9 Å². The molecule has 0 unspecified atom stereocenters. The minimum atomic E-state index is 0. The van der Waals surface area contributed by atoms with Crippen LogP contribution in [0.1, 0.15) is 18.4 Å². The number of nitrogens with two attached hydrogens (primary N) is 1. The van der Waals surface area contributed by atoms with Crippen LogP contribution in [0.4, 0.5) is 0 Å². The summed E-state index contributed by atoms with van der Waals surface area (Å²) < 4.78 is 0. The van der Waals surface area contributed by atoms with E-state index in [1.165, 1.54) is 12.8 Å². The molecule has 0 spiro atoms. The second kappa shape index (κ2) is 7.27. The molecular weight excluding hydrogens is 434 g/mol. The SMILES string of the molecule is CN(C(N)=NCCc1c[nH]c2cc(Cl)cc(Cl)c12)C1CC1.I. The molecule has 1 aliphatic rings. The maximum absolute atomic E-state index is 6.28. The van der Waals surface area contributed by atoms with E-state index >= 15 is 0 Å². The van der Waals surface area contributed by atoms with Crippen molar-refractivity contribution in [1.29, 1.82) is 0 Å². The fraction of sp³-hybridized carbons (Fsp3) is 0.400. The zero-order valence-electron chi connectivity index (χ0n) is 12.3. The van der Waals surface area contributed by atoms with E-state index in [0.717, 1.165) is 22.9 Å². The van der Waals surface area contributed by atoms with Crippen LogP contribution in [0.3, 0.4) is 0 Å². The quantitative estimate of drug-likeness (QED) is 0.417. The summed E-state index contributed by atoms with van der Waals surface area (Å²) >= 11 is 12.3. The molecule has 2 aromatic rings. The number of hydrogen-bond donors (Lipinski definition) is 2. The highest BCUT2D eigenvalue weighted by atomic mass is 127. The third-order valence-corrected chi connectivity index (χ3v) is 4.41. The van der Waals surface area contributed by atoms with E-state index in [-0.39, 0.29) is 24.0 Å². The van der Waals surface area contributed by atoms with Gasteiger partial charge in [0.2, 0.25) is 0 Å². The number of nitrogens with zero attached hydrogens (tertiary/aromatic N) is 2. The van der Waals surface area contributed by atoms with Crippen molar-refractivity contribution in [1.82, 2.24) is 9.88 Å². The van der Waals surface area contributed by atoms with Gasteiger partial charge in [0.15, 0.2) is 5.96 Å². The van der Waals surface area contributed by atoms with Crippen molar-refractivity contribution < 1.29 is 0 Å². The second-order valence-corrected chi connectivity index (χ2v) is 6.30. The van der Waals surface area contributed by atoms with Crippen molar-refractivity contribution in [3.8, 4) is 0 Å². The highest BCUT2D eigenvalue weighted by Gasteiger charge is 2.27. The predicted octanol–water partition coefficient (Wildman–Crippen LogP) is 4.04. The molecule has 1 saturated carbocycles. The van der Waals surface area contributed by atoms with Crippen molar-refractivity contribution in [2.24, 2.45) is 10.7 Å². The number of aromatic nitrogens is 1. The number of aliphatic imine (C=N–C) groups is 1. The first-order chi connectivity index (χ1) is 10.1. The van der Waals surface area contributed by atoms with Crippen molar-refractivity contribution >= 4 is 64.0 Å². The van der Waals surface area contributed by atoms with Gasteiger partial charge in [-0.2, -0.15) is 0 Å². The van der Waals surface area contributed by atoms with Crippen molar-refractivity contribution in [3.05, 3.63) is 33.9 Å². The molecule has 1 aromatic carbocycles. The summed E-state index contributed by atoms with van der Waals surface area (Å²) in [5, 5.41) is 2.32. The molecule has 3 rings (SSSR count). The molecular formula is C15H19Cl2IN4.